The minimum absolute atomic E-state index is 0.323. The fourth-order valence-electron chi connectivity index (χ4n) is 2.74. The lowest BCUT2D eigenvalue weighted by Gasteiger charge is -2.10. The molecule has 0 aliphatic heterocycles. The van der Waals surface area contributed by atoms with Crippen LogP contribution in [-0.2, 0) is 14.6 Å². The number of ketones is 1. The number of carbonyl (C=O) groups excluding carboxylic acids is 2. The van der Waals surface area contributed by atoms with Crippen molar-refractivity contribution in [2.45, 2.75) is 9.79 Å². The molecule has 0 radical (unpaired) electrons. The van der Waals surface area contributed by atoms with Crippen molar-refractivity contribution in [1.29, 1.82) is 0 Å². The first-order chi connectivity index (χ1) is 14.3. The van der Waals surface area contributed by atoms with Gasteiger partial charge in [0.25, 0.3) is 5.69 Å². The maximum absolute atomic E-state index is 13.1. The van der Waals surface area contributed by atoms with Crippen molar-refractivity contribution < 1.29 is 27.7 Å². The van der Waals surface area contributed by atoms with Gasteiger partial charge in [-0.05, 0) is 18.2 Å². The average molecular weight is 425 g/mol. The molecule has 0 saturated heterocycles. The molecule has 0 fully saturated rings. The molecule has 3 aromatic rings. The van der Waals surface area contributed by atoms with Crippen molar-refractivity contribution in [2.24, 2.45) is 0 Å². The molecule has 0 bridgehead atoms. The van der Waals surface area contributed by atoms with Gasteiger partial charge in [0.05, 0.1) is 15.4 Å². The number of Topliss-reactive ketones (excluding diaryl/α,β-unsaturated/α-hetero) is 1. The van der Waals surface area contributed by atoms with Crippen LogP contribution in [0.2, 0.25) is 0 Å². The molecule has 0 aliphatic carbocycles. The predicted octanol–water partition coefficient (Wildman–Crippen LogP) is 3.47. The largest absolute Gasteiger partial charge is 0.454 e. The number of hydrogen-bond acceptors (Lipinski definition) is 7. The molecule has 152 valence electrons. The summed E-state index contributed by atoms with van der Waals surface area (Å²) < 4.78 is 31.1. The smallest absolute Gasteiger partial charge is 0.339 e. The molecule has 0 atom stereocenters. The summed E-state index contributed by atoms with van der Waals surface area (Å²) in [4.78, 5) is 34.1. The number of nitro benzene ring substituents is 1. The first-order valence-corrected chi connectivity index (χ1v) is 10.1. The quantitative estimate of drug-likeness (QED) is 0.246. The fraction of sp³-hybridized carbons (Fsp3) is 0.0476. The highest BCUT2D eigenvalue weighted by Gasteiger charge is 2.31. The molecule has 0 spiro atoms. The molecular formula is C21H15NO7S. The lowest BCUT2D eigenvalue weighted by Crippen LogP contribution is -2.17. The molecule has 0 aliphatic rings. The van der Waals surface area contributed by atoms with Crippen LogP contribution < -0.4 is 0 Å². The molecule has 0 aromatic heterocycles. The molecule has 3 rings (SSSR count). The van der Waals surface area contributed by atoms with Gasteiger partial charge in [-0.1, -0.05) is 54.6 Å². The zero-order valence-corrected chi connectivity index (χ0v) is 16.2. The monoisotopic (exact) mass is 425 g/mol. The molecule has 8 nitrogen and oxygen atoms in total. The summed E-state index contributed by atoms with van der Waals surface area (Å²) in [6, 6.07) is 18.2. The Balaban J connectivity index is 1.92. The Morgan fingerprint density at radius 3 is 2.07 bits per heavy atom. The van der Waals surface area contributed by atoms with E-state index in [-0.39, 0.29) is 5.56 Å². The third-order valence-corrected chi connectivity index (χ3v) is 6.04. The van der Waals surface area contributed by atoms with Crippen LogP contribution in [0.25, 0.3) is 0 Å². The number of rotatable bonds is 7. The van der Waals surface area contributed by atoms with E-state index in [1.807, 2.05) is 0 Å². The SMILES string of the molecule is O=C(COC(=O)c1ccccc1S(=O)(=O)c1ccccc1[N+](=O)[O-])c1ccccc1. The predicted molar refractivity (Wildman–Crippen MR) is 106 cm³/mol. The van der Waals surface area contributed by atoms with Gasteiger partial charge in [-0.25, -0.2) is 13.2 Å². The van der Waals surface area contributed by atoms with Crippen molar-refractivity contribution in [3.8, 4) is 0 Å². The Morgan fingerprint density at radius 1 is 0.833 bits per heavy atom. The number of nitrogens with zero attached hydrogens (tertiary/aromatic N) is 1. The number of ether oxygens (including phenoxy) is 1. The topological polar surface area (TPSA) is 121 Å². The summed E-state index contributed by atoms with van der Waals surface area (Å²) in [5, 5.41) is 11.2. The standard InChI is InChI=1S/C21H15NO7S/c23-18(15-8-2-1-3-9-15)14-29-21(24)16-10-4-6-12-19(16)30(27,28)20-13-7-5-11-17(20)22(25)26/h1-13H,14H2. The highest BCUT2D eigenvalue weighted by atomic mass is 32.2. The van der Waals surface area contributed by atoms with Gasteiger partial charge >= 0.3 is 5.97 Å². The summed E-state index contributed by atoms with van der Waals surface area (Å²) in [6.07, 6.45) is 0. The van der Waals surface area contributed by atoms with Crippen LogP contribution in [0.15, 0.2) is 88.7 Å². The van der Waals surface area contributed by atoms with Crippen LogP contribution in [0, 0.1) is 10.1 Å². The third-order valence-electron chi connectivity index (χ3n) is 4.18. The summed E-state index contributed by atoms with van der Waals surface area (Å²) in [5.74, 6) is -1.49. The van der Waals surface area contributed by atoms with Crippen molar-refractivity contribution in [3.63, 3.8) is 0 Å². The normalized spacial score (nSPS) is 10.9. The zero-order chi connectivity index (χ0) is 21.7. The fourth-order valence-corrected chi connectivity index (χ4v) is 4.35. The van der Waals surface area contributed by atoms with E-state index in [2.05, 4.69) is 0 Å². The minimum atomic E-state index is -4.41. The number of hydrogen-bond donors (Lipinski definition) is 0. The number of sulfone groups is 1. The summed E-state index contributed by atoms with van der Waals surface area (Å²) >= 11 is 0. The maximum Gasteiger partial charge on any atom is 0.339 e. The van der Waals surface area contributed by atoms with Crippen LogP contribution in [0.1, 0.15) is 20.7 Å². The second-order valence-electron chi connectivity index (χ2n) is 6.09. The number of nitro groups is 1. The summed E-state index contributed by atoms with van der Waals surface area (Å²) in [5.41, 5.74) is -0.595. The second kappa shape index (κ2) is 8.66. The van der Waals surface area contributed by atoms with E-state index in [1.165, 1.54) is 30.3 Å². The van der Waals surface area contributed by atoms with Gasteiger partial charge in [0, 0.05) is 11.6 Å². The Hall–Kier alpha value is -3.85. The average Bonchev–Trinajstić information content (AvgIpc) is 2.77. The Morgan fingerprint density at radius 2 is 1.40 bits per heavy atom. The van der Waals surface area contributed by atoms with Crippen molar-refractivity contribution in [1.82, 2.24) is 0 Å². The zero-order valence-electron chi connectivity index (χ0n) is 15.4. The van der Waals surface area contributed by atoms with Crippen molar-refractivity contribution in [3.05, 3.63) is 100 Å². The highest BCUT2D eigenvalue weighted by Crippen LogP contribution is 2.31. The van der Waals surface area contributed by atoms with E-state index in [9.17, 15) is 28.1 Å². The highest BCUT2D eigenvalue weighted by molar-refractivity contribution is 7.91. The number of benzene rings is 3. The van der Waals surface area contributed by atoms with E-state index in [0.717, 1.165) is 18.2 Å². The van der Waals surface area contributed by atoms with E-state index < -0.39 is 48.6 Å². The van der Waals surface area contributed by atoms with E-state index in [4.69, 9.17) is 4.74 Å². The molecule has 30 heavy (non-hydrogen) atoms. The number of esters is 1. The Labute approximate surface area is 171 Å². The second-order valence-corrected chi connectivity index (χ2v) is 7.98. The van der Waals surface area contributed by atoms with Gasteiger partial charge in [0.2, 0.25) is 9.84 Å². The molecule has 3 aromatic carbocycles. The van der Waals surface area contributed by atoms with Gasteiger partial charge in [-0.2, -0.15) is 0 Å². The van der Waals surface area contributed by atoms with Gasteiger partial charge in [-0.3, -0.25) is 14.9 Å². The van der Waals surface area contributed by atoms with Crippen LogP contribution in [0.5, 0.6) is 0 Å². The van der Waals surface area contributed by atoms with Crippen LogP contribution in [0.3, 0.4) is 0 Å². The number of carbonyl (C=O) groups is 2. The van der Waals surface area contributed by atoms with Crippen LogP contribution in [0.4, 0.5) is 5.69 Å². The first-order valence-electron chi connectivity index (χ1n) is 8.65. The molecule has 0 amide bonds. The molecule has 9 heteroatoms. The molecular weight excluding hydrogens is 410 g/mol. The van der Waals surface area contributed by atoms with Gasteiger partial charge in [-0.15, -0.1) is 0 Å². The van der Waals surface area contributed by atoms with Gasteiger partial charge < -0.3 is 4.74 Å². The summed E-state index contributed by atoms with van der Waals surface area (Å²) in [7, 11) is -4.41. The molecule has 0 saturated carbocycles. The third kappa shape index (κ3) is 4.26. The van der Waals surface area contributed by atoms with Crippen LogP contribution in [-0.4, -0.2) is 31.7 Å². The van der Waals surface area contributed by atoms with E-state index in [1.54, 1.807) is 30.3 Å². The molecule has 0 N–H and O–H groups in total. The van der Waals surface area contributed by atoms with Gasteiger partial charge in [0.15, 0.2) is 12.4 Å². The lowest BCUT2D eigenvalue weighted by atomic mass is 10.1. The van der Waals surface area contributed by atoms with E-state index >= 15 is 0 Å². The molecule has 0 unspecified atom stereocenters. The van der Waals surface area contributed by atoms with Crippen molar-refractivity contribution >= 4 is 27.3 Å². The van der Waals surface area contributed by atoms with E-state index in [0.29, 0.717) is 5.56 Å². The maximum atomic E-state index is 13.1. The van der Waals surface area contributed by atoms with Crippen LogP contribution >= 0.6 is 0 Å². The lowest BCUT2D eigenvalue weighted by molar-refractivity contribution is -0.387. The molecule has 0 heterocycles. The van der Waals surface area contributed by atoms with Gasteiger partial charge in [0.1, 0.15) is 4.90 Å². The number of para-hydroxylation sites is 1. The summed E-state index contributed by atoms with van der Waals surface area (Å²) in [6.45, 7) is -0.581. The first kappa shape index (κ1) is 20.9. The Kier molecular flexibility index (Phi) is 6.03. The van der Waals surface area contributed by atoms with Crippen molar-refractivity contribution in [2.75, 3.05) is 6.61 Å². The minimum Gasteiger partial charge on any atom is -0.454 e. The Bertz CT molecular complexity index is 1220.